The molecule has 0 bridgehead atoms. The standard InChI is InChI=1S/C17H22N2O4/c1-17(2,3)23-16(21)19-14(10-7-11-18)15(20)22-12-13-8-5-4-6-9-13/h4-6,8-9,14H,7,10,12H2,1-3H3,(H,19,21). The monoisotopic (exact) mass is 318 g/mol. The van der Waals surface area contributed by atoms with Gasteiger partial charge in [0.05, 0.1) is 6.07 Å². The Kier molecular flexibility index (Phi) is 7.07. The van der Waals surface area contributed by atoms with Crippen LogP contribution in [0.1, 0.15) is 39.2 Å². The zero-order valence-corrected chi connectivity index (χ0v) is 13.7. The van der Waals surface area contributed by atoms with E-state index in [2.05, 4.69) is 5.32 Å². The summed E-state index contributed by atoms with van der Waals surface area (Å²) < 4.78 is 10.3. The van der Waals surface area contributed by atoms with Gasteiger partial charge in [-0.15, -0.1) is 0 Å². The maximum absolute atomic E-state index is 12.1. The molecule has 0 saturated heterocycles. The van der Waals surface area contributed by atoms with E-state index in [4.69, 9.17) is 14.7 Å². The van der Waals surface area contributed by atoms with E-state index in [1.165, 1.54) is 0 Å². The van der Waals surface area contributed by atoms with Crippen LogP contribution in [0.2, 0.25) is 0 Å². The van der Waals surface area contributed by atoms with Crippen LogP contribution >= 0.6 is 0 Å². The highest BCUT2D eigenvalue weighted by Crippen LogP contribution is 2.09. The molecule has 0 spiro atoms. The summed E-state index contributed by atoms with van der Waals surface area (Å²) in [4.78, 5) is 23.9. The number of ether oxygens (including phenoxy) is 2. The Morgan fingerprint density at radius 3 is 2.48 bits per heavy atom. The fourth-order valence-electron chi connectivity index (χ4n) is 1.74. The quantitative estimate of drug-likeness (QED) is 0.815. The van der Waals surface area contributed by atoms with Crippen LogP contribution in [0.3, 0.4) is 0 Å². The Morgan fingerprint density at radius 2 is 1.91 bits per heavy atom. The molecular formula is C17H22N2O4. The minimum absolute atomic E-state index is 0.110. The first-order chi connectivity index (χ1) is 10.8. The molecule has 0 aromatic heterocycles. The van der Waals surface area contributed by atoms with E-state index in [1.807, 2.05) is 36.4 Å². The van der Waals surface area contributed by atoms with E-state index in [0.29, 0.717) is 0 Å². The molecule has 0 heterocycles. The van der Waals surface area contributed by atoms with E-state index in [9.17, 15) is 9.59 Å². The molecule has 0 aliphatic carbocycles. The number of carbonyl (C=O) groups excluding carboxylic acids is 2. The summed E-state index contributed by atoms with van der Waals surface area (Å²) >= 11 is 0. The minimum atomic E-state index is -0.909. The van der Waals surface area contributed by atoms with Crippen molar-refractivity contribution in [1.29, 1.82) is 5.26 Å². The summed E-state index contributed by atoms with van der Waals surface area (Å²) in [7, 11) is 0. The molecule has 0 aliphatic rings. The summed E-state index contributed by atoms with van der Waals surface area (Å²) in [6.07, 6.45) is -0.415. The van der Waals surface area contributed by atoms with Crippen LogP contribution in [0.5, 0.6) is 0 Å². The number of nitrogens with zero attached hydrogens (tertiary/aromatic N) is 1. The number of carbonyl (C=O) groups is 2. The molecule has 1 aromatic carbocycles. The first-order valence-corrected chi connectivity index (χ1v) is 7.39. The molecule has 0 aliphatic heterocycles. The number of hydrogen-bond acceptors (Lipinski definition) is 5. The van der Waals surface area contributed by atoms with Crippen LogP contribution in [0, 0.1) is 11.3 Å². The van der Waals surface area contributed by atoms with Gasteiger partial charge in [0.25, 0.3) is 0 Å². The average Bonchev–Trinajstić information content (AvgIpc) is 2.48. The first-order valence-electron chi connectivity index (χ1n) is 7.39. The smallest absolute Gasteiger partial charge is 0.408 e. The maximum atomic E-state index is 12.1. The lowest BCUT2D eigenvalue weighted by Crippen LogP contribution is -2.44. The molecule has 23 heavy (non-hydrogen) atoms. The largest absolute Gasteiger partial charge is 0.459 e. The lowest BCUT2D eigenvalue weighted by molar-refractivity contribution is -0.147. The normalized spacial score (nSPS) is 11.9. The number of hydrogen-bond donors (Lipinski definition) is 1. The molecule has 6 nitrogen and oxygen atoms in total. The minimum Gasteiger partial charge on any atom is -0.459 e. The van der Waals surface area contributed by atoms with E-state index >= 15 is 0 Å². The molecular weight excluding hydrogens is 296 g/mol. The molecule has 1 amide bonds. The predicted molar refractivity (Wildman–Crippen MR) is 84.2 cm³/mol. The second kappa shape index (κ2) is 8.79. The van der Waals surface area contributed by atoms with Gasteiger partial charge in [0.15, 0.2) is 0 Å². The maximum Gasteiger partial charge on any atom is 0.408 e. The predicted octanol–water partition coefficient (Wildman–Crippen LogP) is 2.93. The third-order valence-corrected chi connectivity index (χ3v) is 2.74. The zero-order chi connectivity index (χ0) is 17.3. The summed E-state index contributed by atoms with van der Waals surface area (Å²) in [5.41, 5.74) is 0.176. The Bertz CT molecular complexity index is 558. The number of benzene rings is 1. The van der Waals surface area contributed by atoms with Crippen molar-refractivity contribution < 1.29 is 19.1 Å². The Balaban J connectivity index is 2.59. The van der Waals surface area contributed by atoms with Gasteiger partial charge in [0.1, 0.15) is 18.2 Å². The van der Waals surface area contributed by atoms with Crippen molar-refractivity contribution in [2.24, 2.45) is 0 Å². The van der Waals surface area contributed by atoms with Crippen molar-refractivity contribution in [3.8, 4) is 6.07 Å². The summed E-state index contributed by atoms with van der Waals surface area (Å²) in [5.74, 6) is -0.588. The molecule has 1 rings (SSSR count). The van der Waals surface area contributed by atoms with Crippen LogP contribution in [0.4, 0.5) is 4.79 Å². The van der Waals surface area contributed by atoms with Gasteiger partial charge in [-0.05, 0) is 32.8 Å². The van der Waals surface area contributed by atoms with Gasteiger partial charge < -0.3 is 14.8 Å². The fourth-order valence-corrected chi connectivity index (χ4v) is 1.74. The number of rotatable bonds is 6. The van der Waals surface area contributed by atoms with Crippen molar-refractivity contribution in [2.75, 3.05) is 0 Å². The zero-order valence-electron chi connectivity index (χ0n) is 13.7. The highest BCUT2D eigenvalue weighted by molar-refractivity contribution is 5.81. The van der Waals surface area contributed by atoms with Crippen molar-refractivity contribution in [3.05, 3.63) is 35.9 Å². The Hall–Kier alpha value is -2.55. The number of esters is 1. The van der Waals surface area contributed by atoms with Gasteiger partial charge in [0.2, 0.25) is 0 Å². The lowest BCUT2D eigenvalue weighted by Gasteiger charge is -2.22. The van der Waals surface area contributed by atoms with Gasteiger partial charge in [-0.2, -0.15) is 5.26 Å². The Morgan fingerprint density at radius 1 is 1.26 bits per heavy atom. The summed E-state index contributed by atoms with van der Waals surface area (Å²) in [6, 6.07) is 10.3. The molecule has 0 radical (unpaired) electrons. The molecule has 124 valence electrons. The van der Waals surface area contributed by atoms with Gasteiger partial charge in [-0.3, -0.25) is 0 Å². The number of alkyl carbamates (subject to hydrolysis) is 1. The molecule has 1 unspecified atom stereocenters. The third-order valence-electron chi connectivity index (χ3n) is 2.74. The summed E-state index contributed by atoms with van der Waals surface area (Å²) in [6.45, 7) is 5.29. The Labute approximate surface area is 136 Å². The summed E-state index contributed by atoms with van der Waals surface area (Å²) in [5, 5.41) is 11.1. The average molecular weight is 318 g/mol. The second-order valence-corrected chi connectivity index (χ2v) is 5.99. The lowest BCUT2D eigenvalue weighted by atomic mass is 10.1. The third kappa shape index (κ3) is 7.86. The van der Waals surface area contributed by atoms with Crippen LogP contribution in [0.25, 0.3) is 0 Å². The fraction of sp³-hybridized carbons (Fsp3) is 0.471. The molecule has 0 fully saturated rings. The van der Waals surface area contributed by atoms with Gasteiger partial charge in [-0.25, -0.2) is 9.59 Å². The second-order valence-electron chi connectivity index (χ2n) is 5.99. The number of nitrogens with one attached hydrogen (secondary N) is 1. The van der Waals surface area contributed by atoms with Crippen molar-refractivity contribution in [1.82, 2.24) is 5.32 Å². The molecule has 1 N–H and O–H groups in total. The van der Waals surface area contributed by atoms with Crippen molar-refractivity contribution >= 4 is 12.1 Å². The number of nitriles is 1. The van der Waals surface area contributed by atoms with Gasteiger partial charge >= 0.3 is 12.1 Å². The van der Waals surface area contributed by atoms with Crippen molar-refractivity contribution in [3.63, 3.8) is 0 Å². The molecule has 1 aromatic rings. The van der Waals surface area contributed by atoms with Gasteiger partial charge in [-0.1, -0.05) is 30.3 Å². The molecule has 0 saturated carbocycles. The highest BCUT2D eigenvalue weighted by atomic mass is 16.6. The van der Waals surface area contributed by atoms with Crippen LogP contribution < -0.4 is 5.32 Å². The van der Waals surface area contributed by atoms with E-state index in [-0.39, 0.29) is 19.4 Å². The highest BCUT2D eigenvalue weighted by Gasteiger charge is 2.25. The van der Waals surface area contributed by atoms with E-state index < -0.39 is 23.7 Å². The topological polar surface area (TPSA) is 88.4 Å². The van der Waals surface area contributed by atoms with Crippen LogP contribution in [-0.4, -0.2) is 23.7 Å². The van der Waals surface area contributed by atoms with E-state index in [1.54, 1.807) is 20.8 Å². The number of amides is 1. The van der Waals surface area contributed by atoms with E-state index in [0.717, 1.165) is 5.56 Å². The SMILES string of the molecule is CC(C)(C)OC(=O)NC(CCC#N)C(=O)OCc1ccccc1. The first kappa shape index (κ1) is 18.5. The molecule has 1 atom stereocenters. The van der Waals surface area contributed by atoms with Crippen molar-refractivity contribution in [2.45, 2.75) is 51.9 Å². The van der Waals surface area contributed by atoms with Gasteiger partial charge in [0, 0.05) is 6.42 Å². The van der Waals surface area contributed by atoms with Crippen LogP contribution in [0.15, 0.2) is 30.3 Å². The molecule has 6 heteroatoms. The van der Waals surface area contributed by atoms with Crippen LogP contribution in [-0.2, 0) is 20.9 Å².